The average molecular weight is 345 g/mol. The smallest absolute Gasteiger partial charge is 0.204 e. The van der Waals surface area contributed by atoms with E-state index in [0.29, 0.717) is 18.3 Å². The summed E-state index contributed by atoms with van der Waals surface area (Å²) in [5.41, 5.74) is 3.98. The lowest BCUT2D eigenvalue weighted by atomic mass is 10.0. The zero-order valence-electron chi connectivity index (χ0n) is 14.7. The van der Waals surface area contributed by atoms with E-state index < -0.39 is 0 Å². The number of rotatable bonds is 5. The fraction of sp³-hybridized carbons (Fsp3) is 0.200. The third-order valence-electron chi connectivity index (χ3n) is 4.21. The first kappa shape index (κ1) is 16.2. The first-order chi connectivity index (χ1) is 12.7. The minimum atomic E-state index is 0.410. The van der Waals surface area contributed by atoms with Crippen molar-refractivity contribution < 1.29 is 4.52 Å². The van der Waals surface area contributed by atoms with E-state index in [-0.39, 0.29) is 0 Å². The van der Waals surface area contributed by atoms with Crippen molar-refractivity contribution in [2.45, 2.75) is 26.3 Å². The molecular formula is C20H19N5O. The molecular weight excluding hydrogens is 326 g/mol. The Bertz CT molecular complexity index is 986. The van der Waals surface area contributed by atoms with Gasteiger partial charge < -0.3 is 4.52 Å². The molecule has 130 valence electrons. The standard InChI is InChI=1S/C20H19N5O/c1-14(2)15-8-10-17(11-9-15)20-21-24-25(22-20)13-18-12-19(26-23-18)16-6-4-3-5-7-16/h3-12,14H,13H2,1-2H3. The van der Waals surface area contributed by atoms with Gasteiger partial charge in [-0.25, -0.2) is 0 Å². The van der Waals surface area contributed by atoms with Crippen LogP contribution in [0.5, 0.6) is 0 Å². The van der Waals surface area contributed by atoms with Crippen LogP contribution in [-0.4, -0.2) is 25.4 Å². The van der Waals surface area contributed by atoms with Gasteiger partial charge in [0.15, 0.2) is 5.76 Å². The van der Waals surface area contributed by atoms with Crippen LogP contribution >= 0.6 is 0 Å². The van der Waals surface area contributed by atoms with E-state index in [9.17, 15) is 0 Å². The van der Waals surface area contributed by atoms with Crippen molar-refractivity contribution in [2.24, 2.45) is 0 Å². The van der Waals surface area contributed by atoms with Crippen LogP contribution in [0.25, 0.3) is 22.7 Å². The second kappa shape index (κ2) is 6.92. The van der Waals surface area contributed by atoms with Crippen LogP contribution < -0.4 is 0 Å². The van der Waals surface area contributed by atoms with Crippen molar-refractivity contribution in [3.8, 4) is 22.7 Å². The summed E-state index contributed by atoms with van der Waals surface area (Å²) in [4.78, 5) is 1.53. The van der Waals surface area contributed by atoms with Crippen molar-refractivity contribution in [2.75, 3.05) is 0 Å². The van der Waals surface area contributed by atoms with Gasteiger partial charge in [-0.15, -0.1) is 10.2 Å². The number of tetrazole rings is 1. The third kappa shape index (κ3) is 3.39. The Labute approximate surface area is 151 Å². The van der Waals surface area contributed by atoms with Gasteiger partial charge in [0.05, 0.1) is 0 Å². The van der Waals surface area contributed by atoms with E-state index in [0.717, 1.165) is 22.6 Å². The van der Waals surface area contributed by atoms with Gasteiger partial charge in [-0.2, -0.15) is 4.80 Å². The molecule has 0 spiro atoms. The lowest BCUT2D eigenvalue weighted by Gasteiger charge is -2.04. The Morgan fingerprint density at radius 3 is 2.46 bits per heavy atom. The van der Waals surface area contributed by atoms with E-state index in [1.165, 1.54) is 10.4 Å². The van der Waals surface area contributed by atoms with Crippen molar-refractivity contribution in [3.05, 3.63) is 71.9 Å². The zero-order chi connectivity index (χ0) is 17.9. The molecule has 0 fully saturated rings. The summed E-state index contributed by atoms with van der Waals surface area (Å²) in [5.74, 6) is 1.83. The molecule has 6 heteroatoms. The Morgan fingerprint density at radius 1 is 0.962 bits per heavy atom. The summed E-state index contributed by atoms with van der Waals surface area (Å²) in [7, 11) is 0. The summed E-state index contributed by atoms with van der Waals surface area (Å²) < 4.78 is 5.41. The Balaban J connectivity index is 1.49. The van der Waals surface area contributed by atoms with Gasteiger partial charge >= 0.3 is 0 Å². The average Bonchev–Trinajstić information content (AvgIpc) is 3.33. The van der Waals surface area contributed by atoms with Crippen LogP contribution in [-0.2, 0) is 6.54 Å². The minimum absolute atomic E-state index is 0.410. The molecule has 2 aromatic heterocycles. The van der Waals surface area contributed by atoms with E-state index in [1.54, 1.807) is 0 Å². The minimum Gasteiger partial charge on any atom is -0.356 e. The molecule has 4 aromatic rings. The molecule has 0 amide bonds. The van der Waals surface area contributed by atoms with Gasteiger partial charge in [0, 0.05) is 17.2 Å². The van der Waals surface area contributed by atoms with E-state index in [2.05, 4.69) is 46.5 Å². The summed E-state index contributed by atoms with van der Waals surface area (Å²) in [6.07, 6.45) is 0. The fourth-order valence-corrected chi connectivity index (χ4v) is 2.71. The Hall–Kier alpha value is -3.28. The molecule has 2 heterocycles. The summed E-state index contributed by atoms with van der Waals surface area (Å²) in [6.45, 7) is 4.75. The molecule has 0 saturated heterocycles. The van der Waals surface area contributed by atoms with Gasteiger partial charge in [0.2, 0.25) is 5.82 Å². The van der Waals surface area contributed by atoms with Crippen LogP contribution in [0.4, 0.5) is 0 Å². The lowest BCUT2D eigenvalue weighted by molar-refractivity contribution is 0.415. The predicted octanol–water partition coefficient (Wildman–Crippen LogP) is 4.17. The maximum atomic E-state index is 5.41. The summed E-state index contributed by atoms with van der Waals surface area (Å²) >= 11 is 0. The van der Waals surface area contributed by atoms with Crippen molar-refractivity contribution in [1.82, 2.24) is 25.4 Å². The third-order valence-corrected chi connectivity index (χ3v) is 4.21. The molecule has 0 N–H and O–H groups in total. The molecule has 0 unspecified atom stereocenters. The molecule has 4 rings (SSSR count). The van der Waals surface area contributed by atoms with E-state index in [1.807, 2.05) is 48.5 Å². The number of hydrogen-bond acceptors (Lipinski definition) is 5. The molecule has 0 aliphatic carbocycles. The molecule has 26 heavy (non-hydrogen) atoms. The maximum absolute atomic E-state index is 5.41. The summed E-state index contributed by atoms with van der Waals surface area (Å²) in [6, 6.07) is 20.0. The molecule has 0 aliphatic rings. The number of aromatic nitrogens is 5. The van der Waals surface area contributed by atoms with Crippen molar-refractivity contribution in [1.29, 1.82) is 0 Å². The highest BCUT2D eigenvalue weighted by molar-refractivity contribution is 5.57. The zero-order valence-corrected chi connectivity index (χ0v) is 14.7. The van der Waals surface area contributed by atoms with Gasteiger partial charge in [0.1, 0.15) is 12.2 Å². The molecule has 0 bridgehead atoms. The highest BCUT2D eigenvalue weighted by atomic mass is 16.5. The van der Waals surface area contributed by atoms with Crippen LogP contribution in [0.15, 0.2) is 65.2 Å². The van der Waals surface area contributed by atoms with E-state index >= 15 is 0 Å². The Kier molecular flexibility index (Phi) is 4.31. The predicted molar refractivity (Wildman–Crippen MR) is 98.4 cm³/mol. The maximum Gasteiger partial charge on any atom is 0.204 e. The van der Waals surface area contributed by atoms with Crippen LogP contribution in [0.2, 0.25) is 0 Å². The number of nitrogens with zero attached hydrogens (tertiary/aromatic N) is 5. The molecule has 0 atom stereocenters. The number of benzene rings is 2. The van der Waals surface area contributed by atoms with Crippen LogP contribution in [0.3, 0.4) is 0 Å². The largest absolute Gasteiger partial charge is 0.356 e. The van der Waals surface area contributed by atoms with Crippen molar-refractivity contribution in [3.63, 3.8) is 0 Å². The van der Waals surface area contributed by atoms with E-state index in [4.69, 9.17) is 4.52 Å². The van der Waals surface area contributed by atoms with Crippen LogP contribution in [0.1, 0.15) is 31.0 Å². The molecule has 6 nitrogen and oxygen atoms in total. The molecule has 0 radical (unpaired) electrons. The first-order valence-corrected chi connectivity index (χ1v) is 8.58. The molecule has 2 aromatic carbocycles. The SMILES string of the molecule is CC(C)c1ccc(-c2nnn(Cc3cc(-c4ccccc4)on3)n2)cc1. The van der Waals surface area contributed by atoms with Gasteiger partial charge in [-0.05, 0) is 16.7 Å². The second-order valence-electron chi connectivity index (χ2n) is 6.47. The first-order valence-electron chi connectivity index (χ1n) is 8.58. The quantitative estimate of drug-likeness (QED) is 0.543. The lowest BCUT2D eigenvalue weighted by Crippen LogP contribution is -2.04. The molecule has 0 aliphatic heterocycles. The normalized spacial score (nSPS) is 11.2. The number of hydrogen-bond donors (Lipinski definition) is 0. The fourth-order valence-electron chi connectivity index (χ4n) is 2.71. The van der Waals surface area contributed by atoms with Crippen LogP contribution in [0, 0.1) is 0 Å². The van der Waals surface area contributed by atoms with Crippen molar-refractivity contribution >= 4 is 0 Å². The highest BCUT2D eigenvalue weighted by Crippen LogP contribution is 2.21. The van der Waals surface area contributed by atoms with Gasteiger partial charge in [-0.3, -0.25) is 0 Å². The summed E-state index contributed by atoms with van der Waals surface area (Å²) in [5, 5.41) is 16.8. The van der Waals surface area contributed by atoms with Gasteiger partial charge in [0.25, 0.3) is 0 Å². The molecule has 0 saturated carbocycles. The topological polar surface area (TPSA) is 69.6 Å². The Morgan fingerprint density at radius 2 is 1.73 bits per heavy atom. The van der Waals surface area contributed by atoms with Gasteiger partial charge in [-0.1, -0.05) is 73.6 Å². The second-order valence-corrected chi connectivity index (χ2v) is 6.47. The highest BCUT2D eigenvalue weighted by Gasteiger charge is 2.11. The monoisotopic (exact) mass is 345 g/mol.